The number of benzene rings is 1. The Kier molecular flexibility index (Phi) is 6.40. The lowest BCUT2D eigenvalue weighted by Crippen LogP contribution is -2.46. The SMILES string of the molecule is Cc1cc(C)cc(C(=O)NCC2CCN(C(=O)CNS(=O)(=O)C3CC3)CC2)c1. The van der Waals surface area contributed by atoms with Gasteiger partial charge >= 0.3 is 0 Å². The molecule has 28 heavy (non-hydrogen) atoms. The first-order valence-corrected chi connectivity index (χ1v) is 11.4. The molecule has 1 saturated carbocycles. The van der Waals surface area contributed by atoms with Gasteiger partial charge in [-0.15, -0.1) is 0 Å². The third-order valence-electron chi connectivity index (χ3n) is 5.39. The quantitative estimate of drug-likeness (QED) is 0.713. The molecule has 1 aliphatic carbocycles. The maximum atomic E-state index is 12.4. The molecular formula is C20H29N3O4S. The molecule has 1 aliphatic heterocycles. The van der Waals surface area contributed by atoms with Gasteiger partial charge in [0.05, 0.1) is 11.8 Å². The van der Waals surface area contributed by atoms with Gasteiger partial charge in [0.15, 0.2) is 0 Å². The van der Waals surface area contributed by atoms with Crippen LogP contribution in [0.25, 0.3) is 0 Å². The molecule has 2 fully saturated rings. The van der Waals surface area contributed by atoms with Crippen molar-refractivity contribution in [1.29, 1.82) is 0 Å². The number of hydrogen-bond acceptors (Lipinski definition) is 4. The third kappa shape index (κ3) is 5.54. The molecule has 1 saturated heterocycles. The van der Waals surface area contributed by atoms with Crippen LogP contribution in [0.15, 0.2) is 18.2 Å². The molecule has 2 N–H and O–H groups in total. The lowest BCUT2D eigenvalue weighted by Gasteiger charge is -2.32. The second kappa shape index (κ2) is 8.61. The van der Waals surface area contributed by atoms with E-state index in [1.165, 1.54) is 0 Å². The van der Waals surface area contributed by atoms with Crippen molar-refractivity contribution in [3.63, 3.8) is 0 Å². The average Bonchev–Trinajstić information content (AvgIpc) is 3.50. The van der Waals surface area contributed by atoms with Gasteiger partial charge in [-0.05, 0) is 57.6 Å². The van der Waals surface area contributed by atoms with E-state index in [0.717, 1.165) is 24.0 Å². The van der Waals surface area contributed by atoms with Crippen LogP contribution in [0, 0.1) is 19.8 Å². The molecule has 0 atom stereocenters. The number of rotatable bonds is 7. The highest BCUT2D eigenvalue weighted by atomic mass is 32.2. The maximum Gasteiger partial charge on any atom is 0.251 e. The summed E-state index contributed by atoms with van der Waals surface area (Å²) in [5.74, 6) is 0.0730. The van der Waals surface area contributed by atoms with Crippen LogP contribution in [0.3, 0.4) is 0 Å². The Morgan fingerprint density at radius 1 is 1.04 bits per heavy atom. The molecular weight excluding hydrogens is 378 g/mol. The fraction of sp³-hybridized carbons (Fsp3) is 0.600. The van der Waals surface area contributed by atoms with E-state index in [9.17, 15) is 18.0 Å². The second-order valence-electron chi connectivity index (χ2n) is 7.98. The van der Waals surface area contributed by atoms with Crippen molar-refractivity contribution in [2.45, 2.75) is 44.8 Å². The molecule has 1 heterocycles. The van der Waals surface area contributed by atoms with Crippen molar-refractivity contribution in [3.05, 3.63) is 34.9 Å². The minimum atomic E-state index is -3.33. The van der Waals surface area contributed by atoms with E-state index in [2.05, 4.69) is 10.0 Å². The van der Waals surface area contributed by atoms with Crippen LogP contribution < -0.4 is 10.0 Å². The topological polar surface area (TPSA) is 95.6 Å². The first-order valence-electron chi connectivity index (χ1n) is 9.87. The van der Waals surface area contributed by atoms with Gasteiger partial charge in [0.25, 0.3) is 5.91 Å². The number of aryl methyl sites for hydroxylation is 2. The van der Waals surface area contributed by atoms with E-state index in [-0.39, 0.29) is 23.6 Å². The molecule has 7 nitrogen and oxygen atoms in total. The fourth-order valence-electron chi connectivity index (χ4n) is 3.60. The summed E-state index contributed by atoms with van der Waals surface area (Å²) >= 11 is 0. The Bertz CT molecular complexity index is 821. The summed E-state index contributed by atoms with van der Waals surface area (Å²) < 4.78 is 26.1. The molecule has 0 unspecified atom stereocenters. The summed E-state index contributed by atoms with van der Waals surface area (Å²) in [6, 6.07) is 5.80. The number of likely N-dealkylation sites (tertiary alicyclic amines) is 1. The van der Waals surface area contributed by atoms with Gasteiger partial charge in [0.2, 0.25) is 15.9 Å². The number of piperidine rings is 1. The van der Waals surface area contributed by atoms with Crippen molar-refractivity contribution in [3.8, 4) is 0 Å². The van der Waals surface area contributed by atoms with E-state index in [1.54, 1.807) is 4.90 Å². The first kappa shape index (κ1) is 20.8. The summed E-state index contributed by atoms with van der Waals surface area (Å²) in [7, 11) is -3.33. The van der Waals surface area contributed by atoms with Crippen molar-refractivity contribution in [1.82, 2.24) is 14.9 Å². The Labute approximate surface area is 166 Å². The molecule has 1 aromatic carbocycles. The van der Waals surface area contributed by atoms with Crippen LogP contribution in [0.2, 0.25) is 0 Å². The van der Waals surface area contributed by atoms with Crippen LogP contribution in [-0.2, 0) is 14.8 Å². The summed E-state index contributed by atoms with van der Waals surface area (Å²) in [6.07, 6.45) is 2.97. The number of carbonyl (C=O) groups excluding carboxylic acids is 2. The number of carbonyl (C=O) groups is 2. The number of nitrogens with one attached hydrogen (secondary N) is 2. The molecule has 0 spiro atoms. The van der Waals surface area contributed by atoms with E-state index in [1.807, 2.05) is 32.0 Å². The largest absolute Gasteiger partial charge is 0.352 e. The van der Waals surface area contributed by atoms with Crippen molar-refractivity contribution in [2.24, 2.45) is 5.92 Å². The molecule has 0 aromatic heterocycles. The zero-order valence-electron chi connectivity index (χ0n) is 16.5. The predicted molar refractivity (Wildman–Crippen MR) is 107 cm³/mol. The van der Waals surface area contributed by atoms with E-state index in [0.29, 0.717) is 44.0 Å². The summed E-state index contributed by atoms with van der Waals surface area (Å²) in [4.78, 5) is 26.3. The smallest absolute Gasteiger partial charge is 0.251 e. The van der Waals surface area contributed by atoms with Gasteiger partial charge in [-0.3, -0.25) is 9.59 Å². The predicted octanol–water partition coefficient (Wildman–Crippen LogP) is 1.35. The van der Waals surface area contributed by atoms with Crippen molar-refractivity contribution in [2.75, 3.05) is 26.2 Å². The highest BCUT2D eigenvalue weighted by Gasteiger charge is 2.36. The first-order chi connectivity index (χ1) is 13.2. The summed E-state index contributed by atoms with van der Waals surface area (Å²) in [6.45, 7) is 5.56. The van der Waals surface area contributed by atoms with Gasteiger partial charge in [0.1, 0.15) is 0 Å². The number of hydrogen-bond donors (Lipinski definition) is 2. The van der Waals surface area contributed by atoms with Gasteiger partial charge in [-0.1, -0.05) is 17.2 Å². The standard InChI is InChI=1S/C20H29N3O4S/c1-14-9-15(2)11-17(10-14)20(25)21-12-16-5-7-23(8-6-16)19(24)13-22-28(26,27)18-3-4-18/h9-11,16,18,22H,3-8,12-13H2,1-2H3,(H,21,25). The molecule has 8 heteroatoms. The van der Waals surface area contributed by atoms with Crippen molar-refractivity contribution < 1.29 is 18.0 Å². The Morgan fingerprint density at radius 3 is 2.21 bits per heavy atom. The van der Waals surface area contributed by atoms with Crippen LogP contribution in [0.5, 0.6) is 0 Å². The Balaban J connectivity index is 1.40. The monoisotopic (exact) mass is 407 g/mol. The summed E-state index contributed by atoms with van der Waals surface area (Å²) in [5, 5.41) is 2.68. The molecule has 3 rings (SSSR count). The highest BCUT2D eigenvalue weighted by Crippen LogP contribution is 2.27. The third-order valence-corrected chi connectivity index (χ3v) is 7.29. The number of sulfonamides is 1. The number of nitrogens with zero attached hydrogens (tertiary/aromatic N) is 1. The van der Waals surface area contributed by atoms with Crippen LogP contribution in [0.1, 0.15) is 47.2 Å². The van der Waals surface area contributed by atoms with E-state index < -0.39 is 10.0 Å². The van der Waals surface area contributed by atoms with Crippen LogP contribution >= 0.6 is 0 Å². The molecule has 0 bridgehead atoms. The molecule has 2 aliphatic rings. The number of amides is 2. The van der Waals surface area contributed by atoms with Crippen LogP contribution in [0.4, 0.5) is 0 Å². The second-order valence-corrected chi connectivity index (χ2v) is 10.0. The van der Waals surface area contributed by atoms with Gasteiger partial charge in [-0.25, -0.2) is 13.1 Å². The molecule has 154 valence electrons. The van der Waals surface area contributed by atoms with Crippen LogP contribution in [-0.4, -0.2) is 56.6 Å². The van der Waals surface area contributed by atoms with E-state index in [4.69, 9.17) is 0 Å². The zero-order chi connectivity index (χ0) is 20.3. The van der Waals surface area contributed by atoms with Gasteiger partial charge in [0, 0.05) is 25.2 Å². The van der Waals surface area contributed by atoms with Gasteiger partial charge < -0.3 is 10.2 Å². The van der Waals surface area contributed by atoms with Gasteiger partial charge in [-0.2, -0.15) is 0 Å². The van der Waals surface area contributed by atoms with E-state index >= 15 is 0 Å². The van der Waals surface area contributed by atoms with Crippen molar-refractivity contribution >= 4 is 21.8 Å². The minimum absolute atomic E-state index is 0.0696. The Morgan fingerprint density at radius 2 is 1.64 bits per heavy atom. The molecule has 1 aromatic rings. The zero-order valence-corrected chi connectivity index (χ0v) is 17.3. The lowest BCUT2D eigenvalue weighted by molar-refractivity contribution is -0.131. The molecule has 0 radical (unpaired) electrons. The fourth-order valence-corrected chi connectivity index (χ4v) is 4.92. The minimum Gasteiger partial charge on any atom is -0.352 e. The summed E-state index contributed by atoms with van der Waals surface area (Å²) in [5.41, 5.74) is 2.80. The molecule has 2 amide bonds. The lowest BCUT2D eigenvalue weighted by atomic mass is 9.96. The Hall–Kier alpha value is -1.93. The normalized spacial score (nSPS) is 18.1. The highest BCUT2D eigenvalue weighted by molar-refractivity contribution is 7.90. The average molecular weight is 408 g/mol. The maximum absolute atomic E-state index is 12.4.